The summed E-state index contributed by atoms with van der Waals surface area (Å²) in [5.41, 5.74) is 2.80. The van der Waals surface area contributed by atoms with Crippen molar-refractivity contribution in [2.24, 2.45) is 0 Å². The Hall–Kier alpha value is -2.41. The number of benzene rings is 1. The lowest BCUT2D eigenvalue weighted by molar-refractivity contribution is 0.209. The monoisotopic (exact) mass is 413 g/mol. The van der Waals surface area contributed by atoms with Gasteiger partial charge in [0.2, 0.25) is 0 Å². The van der Waals surface area contributed by atoms with E-state index < -0.39 is 0 Å². The lowest BCUT2D eigenvalue weighted by Gasteiger charge is -2.25. The molecule has 7 heteroatoms. The molecule has 1 fully saturated rings. The second-order valence-electron chi connectivity index (χ2n) is 6.71. The summed E-state index contributed by atoms with van der Waals surface area (Å²) in [7, 11) is 0. The Bertz CT molecular complexity index is 992. The van der Waals surface area contributed by atoms with Gasteiger partial charge in [0.25, 0.3) is 0 Å². The Kier molecular flexibility index (Phi) is 5.35. The number of aliphatic hydroxyl groups is 1. The van der Waals surface area contributed by atoms with Gasteiger partial charge in [-0.1, -0.05) is 29.8 Å². The third kappa shape index (κ3) is 3.51. The van der Waals surface area contributed by atoms with Gasteiger partial charge in [-0.05, 0) is 55.0 Å². The molecule has 1 aliphatic rings. The molecule has 0 bridgehead atoms. The van der Waals surface area contributed by atoms with Crippen LogP contribution in [-0.4, -0.2) is 33.3 Å². The van der Waals surface area contributed by atoms with Gasteiger partial charge in [0.1, 0.15) is 17.6 Å². The normalized spacial score (nSPS) is 19.1. The van der Waals surface area contributed by atoms with Crippen LogP contribution in [0.3, 0.4) is 0 Å². The summed E-state index contributed by atoms with van der Waals surface area (Å²) in [6.45, 7) is 2.37. The molecule has 0 aliphatic carbocycles. The number of hydrogen-bond donors (Lipinski definition) is 2. The number of aryl methyl sites for hydroxylation is 1. The van der Waals surface area contributed by atoms with Gasteiger partial charge in [0.05, 0.1) is 18.3 Å². The number of nitrogens with one attached hydrogen (secondary N) is 1. The summed E-state index contributed by atoms with van der Waals surface area (Å²) in [5.74, 6) is 1.49. The van der Waals surface area contributed by atoms with Crippen molar-refractivity contribution in [3.05, 3.63) is 76.8 Å². The minimum Gasteiger partial charge on any atom is -0.459 e. The van der Waals surface area contributed by atoms with Crippen LogP contribution in [0.2, 0.25) is 5.02 Å². The number of β-amino-alcohol motifs (C(OH)–C–C–N with tert-alkyl or cyclic N) is 1. The van der Waals surface area contributed by atoms with E-state index in [-0.39, 0.29) is 18.7 Å². The molecule has 2 atom stereocenters. The first kappa shape index (κ1) is 18.9. The highest BCUT2D eigenvalue weighted by molar-refractivity contribution is 7.80. The number of furan rings is 1. The SMILES string of the molecule is Cc1ccc(-c2ccc([C@H]3[C@H](c4ccccn4)NC(=S)N3CCO)o2)cc1Cl. The van der Waals surface area contributed by atoms with Crippen molar-refractivity contribution in [3.8, 4) is 11.3 Å². The summed E-state index contributed by atoms with van der Waals surface area (Å²) in [6, 6.07) is 15.2. The van der Waals surface area contributed by atoms with Crippen molar-refractivity contribution < 1.29 is 9.52 Å². The highest BCUT2D eigenvalue weighted by Crippen LogP contribution is 2.40. The first-order valence-corrected chi connectivity index (χ1v) is 9.82. The highest BCUT2D eigenvalue weighted by Gasteiger charge is 2.41. The molecule has 4 rings (SSSR count). The molecule has 0 spiro atoms. The molecular formula is C21H20ClN3O2S. The summed E-state index contributed by atoms with van der Waals surface area (Å²) >= 11 is 11.8. The van der Waals surface area contributed by atoms with Crippen LogP contribution in [0.5, 0.6) is 0 Å². The fourth-order valence-corrected chi connectivity index (χ4v) is 3.99. The minimum absolute atomic E-state index is 0.00556. The summed E-state index contributed by atoms with van der Waals surface area (Å²) in [4.78, 5) is 6.43. The number of nitrogens with zero attached hydrogens (tertiary/aromatic N) is 2. The van der Waals surface area contributed by atoms with Crippen molar-refractivity contribution in [3.63, 3.8) is 0 Å². The second kappa shape index (κ2) is 7.91. The van der Waals surface area contributed by atoms with Crippen molar-refractivity contribution in [2.45, 2.75) is 19.0 Å². The van der Waals surface area contributed by atoms with Gasteiger partial charge in [0, 0.05) is 23.3 Å². The molecule has 0 saturated carbocycles. The van der Waals surface area contributed by atoms with E-state index in [2.05, 4.69) is 10.3 Å². The zero-order chi connectivity index (χ0) is 19.7. The van der Waals surface area contributed by atoms with Crippen molar-refractivity contribution in [2.75, 3.05) is 13.2 Å². The van der Waals surface area contributed by atoms with Gasteiger partial charge in [0.15, 0.2) is 5.11 Å². The Morgan fingerprint density at radius 3 is 2.82 bits per heavy atom. The Balaban J connectivity index is 1.72. The average Bonchev–Trinajstić information content (AvgIpc) is 3.30. The second-order valence-corrected chi connectivity index (χ2v) is 7.50. The zero-order valence-electron chi connectivity index (χ0n) is 15.3. The molecule has 0 unspecified atom stereocenters. The van der Waals surface area contributed by atoms with E-state index in [0.717, 1.165) is 28.3 Å². The Labute approximate surface area is 174 Å². The molecule has 144 valence electrons. The summed E-state index contributed by atoms with van der Waals surface area (Å²) in [6.07, 6.45) is 1.76. The third-order valence-corrected chi connectivity index (χ3v) is 5.67. The van der Waals surface area contributed by atoms with E-state index in [9.17, 15) is 5.11 Å². The first-order valence-electron chi connectivity index (χ1n) is 9.03. The Morgan fingerprint density at radius 2 is 2.11 bits per heavy atom. The predicted octanol–water partition coefficient (Wildman–Crippen LogP) is 4.27. The molecule has 0 amide bonds. The van der Waals surface area contributed by atoms with Crippen LogP contribution in [-0.2, 0) is 0 Å². The Morgan fingerprint density at radius 1 is 1.25 bits per heavy atom. The van der Waals surface area contributed by atoms with Gasteiger partial charge < -0.3 is 19.7 Å². The third-order valence-electron chi connectivity index (χ3n) is 4.91. The van der Waals surface area contributed by atoms with Gasteiger partial charge >= 0.3 is 0 Å². The molecule has 2 N–H and O–H groups in total. The van der Waals surface area contributed by atoms with Crippen LogP contribution in [0.25, 0.3) is 11.3 Å². The minimum atomic E-state index is -0.204. The average molecular weight is 414 g/mol. The maximum absolute atomic E-state index is 9.52. The number of hydrogen-bond acceptors (Lipinski definition) is 4. The molecule has 3 aromatic rings. The van der Waals surface area contributed by atoms with Crippen LogP contribution in [0.4, 0.5) is 0 Å². The largest absolute Gasteiger partial charge is 0.459 e. The maximum Gasteiger partial charge on any atom is 0.170 e. The van der Waals surface area contributed by atoms with E-state index in [1.165, 1.54) is 0 Å². The number of rotatable bonds is 5. The fraction of sp³-hybridized carbons (Fsp3) is 0.238. The molecule has 5 nitrogen and oxygen atoms in total. The highest BCUT2D eigenvalue weighted by atomic mass is 35.5. The first-order chi connectivity index (χ1) is 13.6. The van der Waals surface area contributed by atoms with Gasteiger partial charge in [-0.2, -0.15) is 0 Å². The van der Waals surface area contributed by atoms with E-state index in [1.54, 1.807) is 6.20 Å². The number of aliphatic hydroxyl groups excluding tert-OH is 1. The molecular weight excluding hydrogens is 394 g/mol. The van der Waals surface area contributed by atoms with Crippen molar-refractivity contribution in [1.82, 2.24) is 15.2 Å². The molecule has 1 aliphatic heterocycles. The summed E-state index contributed by atoms with van der Waals surface area (Å²) < 4.78 is 6.22. The van der Waals surface area contributed by atoms with Crippen LogP contribution >= 0.6 is 23.8 Å². The number of halogens is 1. The molecule has 0 radical (unpaired) electrons. The quantitative estimate of drug-likeness (QED) is 0.609. The van der Waals surface area contributed by atoms with Crippen LogP contribution in [0.15, 0.2) is 59.1 Å². The van der Waals surface area contributed by atoms with Crippen LogP contribution < -0.4 is 5.32 Å². The van der Waals surface area contributed by atoms with Crippen molar-refractivity contribution >= 4 is 28.9 Å². The fourth-order valence-electron chi connectivity index (χ4n) is 3.48. The molecule has 1 saturated heterocycles. The van der Waals surface area contributed by atoms with Crippen LogP contribution in [0.1, 0.15) is 29.1 Å². The maximum atomic E-state index is 9.52. The molecule has 2 aromatic heterocycles. The number of pyridine rings is 1. The van der Waals surface area contributed by atoms with E-state index in [0.29, 0.717) is 16.7 Å². The lowest BCUT2D eigenvalue weighted by Crippen LogP contribution is -2.32. The van der Waals surface area contributed by atoms with E-state index in [1.807, 2.05) is 60.4 Å². The smallest absolute Gasteiger partial charge is 0.170 e. The predicted molar refractivity (Wildman–Crippen MR) is 113 cm³/mol. The molecule has 3 heterocycles. The number of thiocarbonyl (C=S) groups is 1. The van der Waals surface area contributed by atoms with Gasteiger partial charge in [-0.25, -0.2) is 0 Å². The van der Waals surface area contributed by atoms with Gasteiger partial charge in [-0.3, -0.25) is 4.98 Å². The number of aromatic nitrogens is 1. The summed E-state index contributed by atoms with van der Waals surface area (Å²) in [5, 5.41) is 14.1. The lowest BCUT2D eigenvalue weighted by atomic mass is 10.0. The molecule has 28 heavy (non-hydrogen) atoms. The topological polar surface area (TPSA) is 61.5 Å². The standard InChI is InChI=1S/C21H20ClN3O2S/c1-13-5-6-14(12-15(13)22)17-7-8-18(27-17)20-19(16-4-2-3-9-23-16)24-21(28)25(20)10-11-26/h2-9,12,19-20,26H,10-11H2,1H3,(H,24,28)/t19-,20-/m0/s1. The van der Waals surface area contributed by atoms with E-state index >= 15 is 0 Å². The zero-order valence-corrected chi connectivity index (χ0v) is 16.9. The van der Waals surface area contributed by atoms with Crippen molar-refractivity contribution in [1.29, 1.82) is 0 Å². The van der Waals surface area contributed by atoms with E-state index in [4.69, 9.17) is 28.2 Å². The molecule has 1 aromatic carbocycles. The van der Waals surface area contributed by atoms with Gasteiger partial charge in [-0.15, -0.1) is 0 Å². The van der Waals surface area contributed by atoms with Crippen LogP contribution in [0, 0.1) is 6.92 Å².